The van der Waals surface area contributed by atoms with Crippen molar-refractivity contribution in [3.05, 3.63) is 66.1 Å². The van der Waals surface area contributed by atoms with Gasteiger partial charge in [-0.3, -0.25) is 14.3 Å². The summed E-state index contributed by atoms with van der Waals surface area (Å²) in [5.74, 6) is 4.47. The third-order valence-corrected chi connectivity index (χ3v) is 11.1. The largest absolute Gasteiger partial charge is 0.365 e. The van der Waals surface area contributed by atoms with Crippen LogP contribution in [0.3, 0.4) is 0 Å². The highest BCUT2D eigenvalue weighted by molar-refractivity contribution is 6.32. The lowest BCUT2D eigenvalue weighted by atomic mass is 9.66. The van der Waals surface area contributed by atoms with Crippen LogP contribution >= 0.6 is 11.6 Å². The van der Waals surface area contributed by atoms with Crippen molar-refractivity contribution in [2.75, 3.05) is 42.1 Å². The van der Waals surface area contributed by atoms with E-state index >= 15 is 0 Å². The second-order valence-corrected chi connectivity index (χ2v) is 14.2. The van der Waals surface area contributed by atoms with E-state index in [1.165, 1.54) is 25.3 Å². The van der Waals surface area contributed by atoms with Crippen LogP contribution in [0.2, 0.25) is 5.02 Å². The number of amides is 2. The zero-order valence-corrected chi connectivity index (χ0v) is 28.8. The zero-order valence-electron chi connectivity index (χ0n) is 28.0. The Bertz CT molecular complexity index is 1590. The molecule has 12 heteroatoms. The molecule has 2 bridgehead atoms. The van der Waals surface area contributed by atoms with Gasteiger partial charge in [0.2, 0.25) is 17.8 Å². The molecule has 2 amide bonds. The Hall–Kier alpha value is -3.96. The van der Waals surface area contributed by atoms with Gasteiger partial charge in [-0.15, -0.1) is 0 Å². The van der Waals surface area contributed by atoms with Crippen LogP contribution in [0.15, 0.2) is 55.5 Å². The molecular weight excluding hydrogens is 626 g/mol. The smallest absolute Gasteiger partial charge is 0.247 e. The molecule has 2 saturated carbocycles. The van der Waals surface area contributed by atoms with Gasteiger partial charge in [0.15, 0.2) is 5.82 Å². The van der Waals surface area contributed by atoms with Gasteiger partial charge in [0.25, 0.3) is 0 Å². The van der Waals surface area contributed by atoms with Crippen molar-refractivity contribution in [3.63, 3.8) is 0 Å². The van der Waals surface area contributed by atoms with E-state index < -0.39 is 0 Å². The topological polar surface area (TPSA) is 129 Å². The number of piperidine rings is 1. The highest BCUT2D eigenvalue weighted by atomic mass is 35.5. The highest BCUT2D eigenvalue weighted by Crippen LogP contribution is 2.52. The van der Waals surface area contributed by atoms with Crippen molar-refractivity contribution < 1.29 is 9.59 Å². The summed E-state index contributed by atoms with van der Waals surface area (Å²) in [6, 6.07) is 7.82. The quantitative estimate of drug-likeness (QED) is 0.156. The first-order chi connectivity index (χ1) is 23.2. The molecule has 0 radical (unpaired) electrons. The average molecular weight is 674 g/mol. The molecule has 3 heterocycles. The summed E-state index contributed by atoms with van der Waals surface area (Å²) in [4.78, 5) is 35.8. The third kappa shape index (κ3) is 8.36. The van der Waals surface area contributed by atoms with E-state index in [9.17, 15) is 9.59 Å². The first-order valence-electron chi connectivity index (χ1n) is 17.3. The number of fused-ring (bicyclic) bond motifs is 2. The molecule has 3 aromatic rings. The van der Waals surface area contributed by atoms with Gasteiger partial charge in [-0.25, -0.2) is 4.98 Å². The number of halogens is 1. The van der Waals surface area contributed by atoms with Crippen molar-refractivity contribution >= 4 is 46.6 Å². The predicted octanol–water partition coefficient (Wildman–Crippen LogP) is 6.27. The Morgan fingerprint density at radius 1 is 1.10 bits per heavy atom. The molecule has 48 heavy (non-hydrogen) atoms. The minimum atomic E-state index is -0.263. The number of carbonyl (C=O) groups excluding carboxylic acids is 2. The highest BCUT2D eigenvalue weighted by Gasteiger charge is 2.45. The van der Waals surface area contributed by atoms with Gasteiger partial charge in [0.05, 0.1) is 24.1 Å². The van der Waals surface area contributed by atoms with E-state index in [1.54, 1.807) is 12.4 Å². The maximum Gasteiger partial charge on any atom is 0.247 e. The van der Waals surface area contributed by atoms with E-state index in [-0.39, 0.29) is 11.8 Å². The van der Waals surface area contributed by atoms with Crippen molar-refractivity contribution in [1.29, 1.82) is 0 Å². The molecule has 0 spiro atoms. The lowest BCUT2D eigenvalue weighted by Crippen LogP contribution is -2.41. The molecule has 3 fully saturated rings. The van der Waals surface area contributed by atoms with Gasteiger partial charge in [0, 0.05) is 51.0 Å². The summed E-state index contributed by atoms with van der Waals surface area (Å²) in [5, 5.41) is 17.5. The van der Waals surface area contributed by atoms with Crippen LogP contribution < -0.4 is 21.3 Å². The number of likely N-dealkylation sites (tertiary alicyclic amines) is 1. The molecule has 1 saturated heterocycles. The van der Waals surface area contributed by atoms with Crippen LogP contribution in [-0.2, 0) is 16.1 Å². The molecule has 3 aliphatic rings. The predicted molar refractivity (Wildman–Crippen MR) is 190 cm³/mol. The Balaban J connectivity index is 0.931. The second kappa shape index (κ2) is 15.5. The lowest BCUT2D eigenvalue weighted by molar-refractivity contribution is -0.123. The Labute approximate surface area is 288 Å². The fourth-order valence-electron chi connectivity index (χ4n) is 8.11. The van der Waals surface area contributed by atoms with E-state index in [1.807, 2.05) is 35.1 Å². The number of rotatable bonds is 13. The summed E-state index contributed by atoms with van der Waals surface area (Å²) < 4.78 is 2.02. The molecule has 256 valence electrons. The molecule has 4 N–H and O–H groups in total. The summed E-state index contributed by atoms with van der Waals surface area (Å²) in [7, 11) is 0. The van der Waals surface area contributed by atoms with Gasteiger partial charge >= 0.3 is 0 Å². The molecule has 1 aromatic carbocycles. The van der Waals surface area contributed by atoms with Gasteiger partial charge in [-0.2, -0.15) is 10.1 Å². The SMILES string of the molecule is C=CC(=O)Nc1cccc(CNc2nc(Nc3cnn(C4CCN(CCNC(=O)CC5C(C)C[C@H]6CC[C@@H]5C6C)CC4)c3)ncc2Cl)c1. The fourth-order valence-corrected chi connectivity index (χ4v) is 8.27. The number of hydrogen-bond acceptors (Lipinski definition) is 8. The zero-order chi connectivity index (χ0) is 33.6. The average Bonchev–Trinajstić information content (AvgIpc) is 3.65. The van der Waals surface area contributed by atoms with Gasteiger partial charge in [-0.05, 0) is 85.5 Å². The van der Waals surface area contributed by atoms with Crippen LogP contribution in [-0.4, -0.2) is 62.6 Å². The molecule has 2 aromatic heterocycles. The Morgan fingerprint density at radius 3 is 2.75 bits per heavy atom. The molecule has 1 aliphatic heterocycles. The van der Waals surface area contributed by atoms with Gasteiger partial charge in [-0.1, -0.05) is 44.2 Å². The van der Waals surface area contributed by atoms with Crippen LogP contribution in [0, 0.1) is 29.6 Å². The summed E-state index contributed by atoms with van der Waals surface area (Å²) in [5.41, 5.74) is 2.43. The van der Waals surface area contributed by atoms with Crippen LogP contribution in [0.25, 0.3) is 0 Å². The second-order valence-electron chi connectivity index (χ2n) is 13.8. The van der Waals surface area contributed by atoms with Crippen molar-refractivity contribution in [1.82, 2.24) is 30.0 Å². The lowest BCUT2D eigenvalue weighted by Gasteiger charge is -2.39. The van der Waals surface area contributed by atoms with E-state index in [0.29, 0.717) is 59.9 Å². The minimum absolute atomic E-state index is 0.226. The summed E-state index contributed by atoms with van der Waals surface area (Å²) in [6.07, 6.45) is 13.2. The molecule has 5 atom stereocenters. The molecule has 3 unspecified atom stereocenters. The van der Waals surface area contributed by atoms with Crippen LogP contribution in [0.5, 0.6) is 0 Å². The van der Waals surface area contributed by atoms with E-state index in [4.69, 9.17) is 11.6 Å². The monoisotopic (exact) mass is 673 g/mol. The van der Waals surface area contributed by atoms with E-state index in [0.717, 1.165) is 61.5 Å². The fraction of sp³-hybridized carbons (Fsp3) is 0.528. The van der Waals surface area contributed by atoms with Gasteiger partial charge < -0.3 is 26.2 Å². The number of nitrogens with one attached hydrogen (secondary N) is 4. The number of benzene rings is 1. The standard InChI is InChI=1S/C36H48ClN9O2/c1-4-33(47)42-27-7-5-6-25(17-27)19-39-35-32(37)21-40-36(44-35)43-28-20-41-46(22-28)29-10-13-45(14-11-29)15-12-38-34(48)18-31-23(2)16-26-8-9-30(31)24(26)3/h4-7,17,20-24,26,29-31H,1,8-16,18-19H2,2-3H3,(H,38,48)(H,42,47)(H2,39,40,43,44)/t23?,24?,26-,30-,31?/m1/s1. The van der Waals surface area contributed by atoms with Crippen molar-refractivity contribution in [2.24, 2.45) is 29.6 Å². The Kier molecular flexibility index (Phi) is 11.0. The third-order valence-electron chi connectivity index (χ3n) is 10.8. The first kappa shape index (κ1) is 33.9. The van der Waals surface area contributed by atoms with Gasteiger partial charge in [0.1, 0.15) is 5.02 Å². The van der Waals surface area contributed by atoms with Crippen molar-refractivity contribution in [2.45, 2.75) is 65.0 Å². The number of hydrogen-bond donors (Lipinski definition) is 4. The first-order valence-corrected chi connectivity index (χ1v) is 17.7. The molecule has 6 rings (SSSR count). The maximum atomic E-state index is 12.8. The molecule has 11 nitrogen and oxygen atoms in total. The van der Waals surface area contributed by atoms with E-state index in [2.05, 4.69) is 61.7 Å². The maximum absolute atomic E-state index is 12.8. The summed E-state index contributed by atoms with van der Waals surface area (Å²) >= 11 is 6.39. The summed E-state index contributed by atoms with van der Waals surface area (Å²) in [6.45, 7) is 12.3. The number of aromatic nitrogens is 4. The molecular formula is C36H48ClN9O2. The number of carbonyl (C=O) groups is 2. The normalized spacial score (nSPS) is 24.2. The Morgan fingerprint density at radius 2 is 1.94 bits per heavy atom. The molecule has 2 aliphatic carbocycles. The van der Waals surface area contributed by atoms with Crippen molar-refractivity contribution in [3.8, 4) is 0 Å². The van der Waals surface area contributed by atoms with Crippen LogP contribution in [0.4, 0.5) is 23.1 Å². The van der Waals surface area contributed by atoms with Crippen LogP contribution in [0.1, 0.15) is 64.0 Å². The number of anilines is 4. The minimum Gasteiger partial charge on any atom is -0.365 e. The number of nitrogens with zero attached hydrogens (tertiary/aromatic N) is 5.